The molecule has 2 aromatic rings. The normalized spacial score (nSPS) is 30.6. The van der Waals surface area contributed by atoms with Crippen molar-refractivity contribution in [1.29, 1.82) is 0 Å². The Morgan fingerprint density at radius 1 is 0.902 bits per heavy atom. The number of benzene rings is 2. The second-order valence-electron chi connectivity index (χ2n) is 14.2. The number of unbranched alkanes of at least 4 members (excludes halogenated alkanes) is 5. The van der Waals surface area contributed by atoms with Gasteiger partial charge in [0.2, 0.25) is 0 Å². The van der Waals surface area contributed by atoms with Gasteiger partial charge in [-0.15, -0.1) is 0 Å². The van der Waals surface area contributed by atoms with Crippen LogP contribution >= 0.6 is 0 Å². The molecule has 2 aromatic carbocycles. The minimum atomic E-state index is -0.224. The van der Waals surface area contributed by atoms with Crippen molar-refractivity contribution in [3.05, 3.63) is 59.2 Å². The molecule has 0 spiro atoms. The van der Waals surface area contributed by atoms with E-state index in [1.54, 1.807) is 0 Å². The van der Waals surface area contributed by atoms with E-state index in [0.717, 1.165) is 50.9 Å². The Morgan fingerprint density at radius 2 is 1.63 bits per heavy atom. The Hall–Kier alpha value is -2.04. The summed E-state index contributed by atoms with van der Waals surface area (Å²) in [6, 6.07) is 15.0. The van der Waals surface area contributed by atoms with E-state index < -0.39 is 0 Å². The average molecular weight is 562 g/mol. The highest BCUT2D eigenvalue weighted by Gasteiger charge is 2.62. The minimum Gasteiger partial charge on any atom is -0.508 e. The maximum absolute atomic E-state index is 11.2. The zero-order valence-electron chi connectivity index (χ0n) is 26.2. The van der Waals surface area contributed by atoms with Gasteiger partial charge in [0.05, 0.1) is 12.7 Å². The van der Waals surface area contributed by atoms with Crippen LogP contribution < -0.4 is 4.74 Å². The third-order valence-electron chi connectivity index (χ3n) is 11.4. The van der Waals surface area contributed by atoms with Crippen LogP contribution in [-0.4, -0.2) is 48.0 Å². The van der Waals surface area contributed by atoms with Gasteiger partial charge in [0.25, 0.3) is 0 Å². The van der Waals surface area contributed by atoms with Gasteiger partial charge in [-0.05, 0) is 141 Å². The number of phenolic OH excluding ortho intramolecular Hbond substituents is 1. The van der Waals surface area contributed by atoms with E-state index in [4.69, 9.17) is 4.74 Å². The molecule has 0 radical (unpaired) electrons. The first kappa shape index (κ1) is 30.4. The number of hydrogen-bond acceptors (Lipinski definition) is 4. The Labute approximate surface area is 249 Å². The van der Waals surface area contributed by atoms with Gasteiger partial charge in [-0.2, -0.15) is 0 Å². The molecule has 5 rings (SSSR count). The van der Waals surface area contributed by atoms with Gasteiger partial charge in [0.1, 0.15) is 11.5 Å². The van der Waals surface area contributed by atoms with Crippen molar-refractivity contribution < 1.29 is 14.9 Å². The first-order valence-electron chi connectivity index (χ1n) is 16.7. The summed E-state index contributed by atoms with van der Waals surface area (Å²) in [5, 5.41) is 21.4. The third-order valence-corrected chi connectivity index (χ3v) is 11.4. The van der Waals surface area contributed by atoms with Crippen molar-refractivity contribution >= 4 is 0 Å². The summed E-state index contributed by atoms with van der Waals surface area (Å²) in [4.78, 5) is 2.47. The third kappa shape index (κ3) is 6.34. The van der Waals surface area contributed by atoms with Gasteiger partial charge in [-0.25, -0.2) is 0 Å². The van der Waals surface area contributed by atoms with E-state index in [1.165, 1.54) is 68.3 Å². The van der Waals surface area contributed by atoms with Crippen LogP contribution in [-0.2, 0) is 6.42 Å². The first-order chi connectivity index (χ1) is 19.8. The van der Waals surface area contributed by atoms with Crippen LogP contribution in [0, 0.1) is 16.7 Å². The van der Waals surface area contributed by atoms with Crippen LogP contribution in [0.2, 0.25) is 0 Å². The highest BCUT2D eigenvalue weighted by atomic mass is 16.5. The number of nitrogens with zero attached hydrogens (tertiary/aromatic N) is 1. The van der Waals surface area contributed by atoms with E-state index in [2.05, 4.69) is 63.1 Å². The maximum Gasteiger partial charge on any atom is 0.119 e. The molecule has 0 aromatic heterocycles. The number of phenols is 1. The first-order valence-corrected chi connectivity index (χ1v) is 16.7. The highest BCUT2D eigenvalue weighted by molar-refractivity contribution is 5.45. The number of aryl methyl sites for hydroxylation is 1. The van der Waals surface area contributed by atoms with E-state index in [9.17, 15) is 10.2 Å². The predicted octanol–water partition coefficient (Wildman–Crippen LogP) is 8.45. The summed E-state index contributed by atoms with van der Waals surface area (Å²) in [5.41, 5.74) is 4.17. The summed E-state index contributed by atoms with van der Waals surface area (Å²) in [7, 11) is 2.25. The zero-order valence-corrected chi connectivity index (χ0v) is 26.2. The SMILES string of the molecule is CCCCN(C)CCCCCCCOc1ccc([C@H]2C[C@@]3(C)[C@@H](CC[C@@H]3O)[C@]3(C)CCc4cc(O)ccc4[C@@H]23)cc1. The van der Waals surface area contributed by atoms with Crippen LogP contribution in [0.25, 0.3) is 0 Å². The molecule has 0 aliphatic heterocycles. The molecule has 2 saturated carbocycles. The molecule has 6 atom stereocenters. The van der Waals surface area contributed by atoms with E-state index in [0.29, 0.717) is 23.5 Å². The number of ether oxygens (including phenoxy) is 1. The average Bonchev–Trinajstić information content (AvgIpc) is 3.27. The summed E-state index contributed by atoms with van der Waals surface area (Å²) in [5.74, 6) is 2.60. The molecular weight excluding hydrogens is 506 g/mol. The van der Waals surface area contributed by atoms with Crippen molar-refractivity contribution in [1.82, 2.24) is 4.90 Å². The zero-order chi connectivity index (χ0) is 29.0. The van der Waals surface area contributed by atoms with Crippen LogP contribution in [0.4, 0.5) is 0 Å². The molecule has 0 amide bonds. The minimum absolute atomic E-state index is 0.0512. The number of hydrogen-bond donors (Lipinski definition) is 2. The fourth-order valence-corrected chi connectivity index (χ4v) is 9.13. The van der Waals surface area contributed by atoms with Gasteiger partial charge in [-0.3, -0.25) is 0 Å². The quantitative estimate of drug-likeness (QED) is 0.241. The molecule has 226 valence electrons. The standard InChI is InChI=1S/C37H55NO3/c1-5-6-22-38(4)23-10-8-7-9-11-24-41-30-15-12-27(13-16-30)32-26-37(3)33(18-19-34(37)40)36(2)21-20-28-25-29(39)14-17-31(28)35(32)36/h12-17,25,32-35,39-40H,5-11,18-24,26H2,1-4H3/t32-,33+,34+,35+,36+,37+/m1/s1. The molecule has 2 N–H and O–H groups in total. The fourth-order valence-electron chi connectivity index (χ4n) is 9.13. The lowest BCUT2D eigenvalue weighted by Gasteiger charge is -2.60. The number of fused-ring (bicyclic) bond motifs is 5. The second kappa shape index (κ2) is 13.1. The molecule has 41 heavy (non-hydrogen) atoms. The molecule has 4 nitrogen and oxygen atoms in total. The van der Waals surface area contributed by atoms with Crippen molar-refractivity contribution in [3.8, 4) is 11.5 Å². The number of rotatable bonds is 13. The van der Waals surface area contributed by atoms with Gasteiger partial charge in [0, 0.05) is 0 Å². The van der Waals surface area contributed by atoms with Crippen molar-refractivity contribution in [2.24, 2.45) is 16.7 Å². The van der Waals surface area contributed by atoms with Crippen LogP contribution in [0.5, 0.6) is 11.5 Å². The number of aromatic hydroxyl groups is 1. The van der Waals surface area contributed by atoms with Crippen LogP contribution in [0.1, 0.15) is 120 Å². The van der Waals surface area contributed by atoms with Crippen molar-refractivity contribution in [2.45, 2.75) is 116 Å². The van der Waals surface area contributed by atoms with Crippen LogP contribution in [0.3, 0.4) is 0 Å². The molecule has 3 aliphatic rings. The lowest BCUT2D eigenvalue weighted by molar-refractivity contribution is -0.0768. The number of aliphatic hydroxyl groups excluding tert-OH is 1. The lowest BCUT2D eigenvalue weighted by Crippen LogP contribution is -2.52. The van der Waals surface area contributed by atoms with Crippen molar-refractivity contribution in [3.63, 3.8) is 0 Å². The Morgan fingerprint density at radius 3 is 2.41 bits per heavy atom. The summed E-state index contributed by atoms with van der Waals surface area (Å²) in [6.07, 6.45) is 13.8. The monoisotopic (exact) mass is 561 g/mol. The van der Waals surface area contributed by atoms with E-state index in [1.807, 2.05) is 12.1 Å². The predicted molar refractivity (Wildman–Crippen MR) is 169 cm³/mol. The topological polar surface area (TPSA) is 52.9 Å². The summed E-state index contributed by atoms with van der Waals surface area (Å²) in [6.45, 7) is 10.3. The van der Waals surface area contributed by atoms with E-state index in [-0.39, 0.29) is 16.9 Å². The highest BCUT2D eigenvalue weighted by Crippen LogP contribution is 2.70. The largest absolute Gasteiger partial charge is 0.508 e. The van der Waals surface area contributed by atoms with Gasteiger partial charge < -0.3 is 19.8 Å². The molecule has 0 heterocycles. The van der Waals surface area contributed by atoms with Crippen LogP contribution in [0.15, 0.2) is 42.5 Å². The lowest BCUT2D eigenvalue weighted by atomic mass is 9.44. The van der Waals surface area contributed by atoms with Gasteiger partial charge in [0.15, 0.2) is 0 Å². The number of aliphatic hydroxyl groups is 1. The molecule has 0 saturated heterocycles. The second-order valence-corrected chi connectivity index (χ2v) is 14.2. The van der Waals surface area contributed by atoms with E-state index >= 15 is 0 Å². The Bertz CT molecular complexity index is 1130. The Balaban J connectivity index is 1.20. The summed E-state index contributed by atoms with van der Waals surface area (Å²) < 4.78 is 6.16. The molecule has 0 unspecified atom stereocenters. The molecule has 4 heteroatoms. The van der Waals surface area contributed by atoms with Gasteiger partial charge >= 0.3 is 0 Å². The summed E-state index contributed by atoms with van der Waals surface area (Å²) >= 11 is 0. The maximum atomic E-state index is 11.2. The van der Waals surface area contributed by atoms with Crippen molar-refractivity contribution in [2.75, 3.05) is 26.7 Å². The molecular formula is C37H55NO3. The Kier molecular flexibility index (Phi) is 9.71. The molecule has 0 bridgehead atoms. The molecule has 3 aliphatic carbocycles. The fraction of sp³-hybridized carbons (Fsp3) is 0.676. The molecule has 2 fully saturated rings. The smallest absolute Gasteiger partial charge is 0.119 e. The van der Waals surface area contributed by atoms with Gasteiger partial charge in [-0.1, -0.05) is 64.7 Å².